The first kappa shape index (κ1) is 16.5. The van der Waals surface area contributed by atoms with Crippen LogP contribution >= 0.6 is 0 Å². The lowest BCUT2D eigenvalue weighted by molar-refractivity contribution is -0.140. The first-order valence-corrected chi connectivity index (χ1v) is 9.02. The third-order valence-corrected chi connectivity index (χ3v) is 5.50. The zero-order valence-corrected chi connectivity index (χ0v) is 14.8. The molecule has 1 fully saturated rings. The highest BCUT2D eigenvalue weighted by molar-refractivity contribution is 6.09. The molecule has 0 unspecified atom stereocenters. The van der Waals surface area contributed by atoms with E-state index < -0.39 is 5.41 Å². The fourth-order valence-corrected chi connectivity index (χ4v) is 3.92. The van der Waals surface area contributed by atoms with E-state index in [0.29, 0.717) is 13.0 Å². The number of hydrogen-bond acceptors (Lipinski definition) is 2. The van der Waals surface area contributed by atoms with Gasteiger partial charge in [-0.1, -0.05) is 79.7 Å². The molecule has 1 heterocycles. The monoisotopic (exact) mass is 343 g/mol. The summed E-state index contributed by atoms with van der Waals surface area (Å²) in [5.41, 5.74) is 1.16. The van der Waals surface area contributed by atoms with Gasteiger partial charge in [-0.3, -0.25) is 14.5 Å². The minimum Gasteiger partial charge on any atom is -0.277 e. The van der Waals surface area contributed by atoms with E-state index in [4.69, 9.17) is 0 Å². The largest absolute Gasteiger partial charge is 0.277 e. The number of imide groups is 1. The van der Waals surface area contributed by atoms with Crippen LogP contribution in [0.1, 0.15) is 30.9 Å². The quantitative estimate of drug-likeness (QED) is 0.657. The SMILES string of the molecule is CC[C@]1(c2ccc3ccccc3c2)CC(=O)N(Cc2ccccc2)C1=O. The van der Waals surface area contributed by atoms with Gasteiger partial charge in [0.15, 0.2) is 0 Å². The van der Waals surface area contributed by atoms with Gasteiger partial charge in [-0.25, -0.2) is 0 Å². The van der Waals surface area contributed by atoms with Crippen molar-refractivity contribution in [1.29, 1.82) is 0 Å². The van der Waals surface area contributed by atoms with Crippen LogP contribution in [0.3, 0.4) is 0 Å². The van der Waals surface area contributed by atoms with Gasteiger partial charge in [-0.15, -0.1) is 0 Å². The van der Waals surface area contributed by atoms with Crippen LogP contribution in [-0.2, 0) is 21.5 Å². The first-order chi connectivity index (χ1) is 12.6. The maximum atomic E-state index is 13.3. The van der Waals surface area contributed by atoms with Crippen molar-refractivity contribution in [3.8, 4) is 0 Å². The number of rotatable bonds is 4. The molecule has 0 saturated carbocycles. The van der Waals surface area contributed by atoms with Crippen LogP contribution in [0.25, 0.3) is 10.8 Å². The summed E-state index contributed by atoms with van der Waals surface area (Å²) < 4.78 is 0. The molecule has 1 saturated heterocycles. The molecule has 0 radical (unpaired) electrons. The van der Waals surface area contributed by atoms with Crippen molar-refractivity contribution < 1.29 is 9.59 Å². The lowest BCUT2D eigenvalue weighted by atomic mass is 9.76. The summed E-state index contributed by atoms with van der Waals surface area (Å²) in [6.07, 6.45) is 0.856. The average Bonchev–Trinajstić information content (AvgIpc) is 2.93. The molecule has 3 aromatic rings. The normalized spacial score (nSPS) is 20.1. The Hall–Kier alpha value is -2.94. The van der Waals surface area contributed by atoms with E-state index >= 15 is 0 Å². The van der Waals surface area contributed by atoms with Crippen molar-refractivity contribution in [2.45, 2.75) is 31.7 Å². The number of amides is 2. The van der Waals surface area contributed by atoms with E-state index in [9.17, 15) is 9.59 Å². The number of hydrogen-bond donors (Lipinski definition) is 0. The lowest BCUT2D eigenvalue weighted by Gasteiger charge is -2.26. The second kappa shape index (κ2) is 6.41. The Morgan fingerprint density at radius 1 is 0.885 bits per heavy atom. The smallest absolute Gasteiger partial charge is 0.240 e. The number of nitrogens with zero attached hydrogens (tertiary/aromatic N) is 1. The molecule has 3 nitrogen and oxygen atoms in total. The molecule has 3 heteroatoms. The summed E-state index contributed by atoms with van der Waals surface area (Å²) in [5, 5.41) is 2.24. The van der Waals surface area contributed by atoms with Gasteiger partial charge in [0.05, 0.1) is 12.0 Å². The van der Waals surface area contributed by atoms with Crippen LogP contribution in [0.15, 0.2) is 72.8 Å². The van der Waals surface area contributed by atoms with Gasteiger partial charge in [-0.05, 0) is 28.3 Å². The number of carbonyl (C=O) groups excluding carboxylic acids is 2. The molecule has 130 valence electrons. The Bertz CT molecular complexity index is 980. The molecule has 26 heavy (non-hydrogen) atoms. The zero-order valence-electron chi connectivity index (χ0n) is 14.8. The van der Waals surface area contributed by atoms with E-state index in [0.717, 1.165) is 21.9 Å². The van der Waals surface area contributed by atoms with E-state index in [1.165, 1.54) is 4.90 Å². The zero-order chi connectivity index (χ0) is 18.1. The van der Waals surface area contributed by atoms with Gasteiger partial charge in [0.25, 0.3) is 0 Å². The van der Waals surface area contributed by atoms with Gasteiger partial charge >= 0.3 is 0 Å². The van der Waals surface area contributed by atoms with E-state index in [-0.39, 0.29) is 18.2 Å². The Labute approximate surface area is 153 Å². The highest BCUT2D eigenvalue weighted by Crippen LogP contribution is 2.41. The van der Waals surface area contributed by atoms with Gasteiger partial charge in [0.1, 0.15) is 0 Å². The molecular weight excluding hydrogens is 322 g/mol. The van der Waals surface area contributed by atoms with E-state index in [2.05, 4.69) is 12.1 Å². The molecule has 0 spiro atoms. The topological polar surface area (TPSA) is 37.4 Å². The Morgan fingerprint density at radius 3 is 2.31 bits per heavy atom. The summed E-state index contributed by atoms with van der Waals surface area (Å²) in [4.78, 5) is 27.4. The molecule has 3 aromatic carbocycles. The molecule has 1 atom stereocenters. The van der Waals surface area contributed by atoms with Crippen molar-refractivity contribution >= 4 is 22.6 Å². The maximum Gasteiger partial charge on any atom is 0.240 e. The predicted octanol–water partition coefficient (Wildman–Crippen LogP) is 4.45. The molecule has 0 N–H and O–H groups in total. The minimum absolute atomic E-state index is 0.0795. The third-order valence-electron chi connectivity index (χ3n) is 5.50. The van der Waals surface area contributed by atoms with Crippen LogP contribution in [0.2, 0.25) is 0 Å². The fourth-order valence-electron chi connectivity index (χ4n) is 3.92. The lowest BCUT2D eigenvalue weighted by Crippen LogP contribution is -2.37. The van der Waals surface area contributed by atoms with E-state index in [1.807, 2.05) is 67.6 Å². The van der Waals surface area contributed by atoms with Crippen LogP contribution < -0.4 is 0 Å². The van der Waals surface area contributed by atoms with Gasteiger partial charge in [0.2, 0.25) is 11.8 Å². The van der Waals surface area contributed by atoms with Gasteiger partial charge < -0.3 is 0 Å². The predicted molar refractivity (Wildman–Crippen MR) is 103 cm³/mol. The summed E-state index contributed by atoms with van der Waals surface area (Å²) in [7, 11) is 0. The highest BCUT2D eigenvalue weighted by Gasteiger charge is 2.51. The molecule has 0 aliphatic carbocycles. The van der Waals surface area contributed by atoms with Gasteiger partial charge in [-0.2, -0.15) is 0 Å². The van der Waals surface area contributed by atoms with Crippen molar-refractivity contribution in [3.63, 3.8) is 0 Å². The molecule has 0 bridgehead atoms. The Kier molecular flexibility index (Phi) is 4.08. The van der Waals surface area contributed by atoms with Gasteiger partial charge in [0, 0.05) is 6.42 Å². The second-order valence-electron chi connectivity index (χ2n) is 6.95. The van der Waals surface area contributed by atoms with Crippen LogP contribution in [-0.4, -0.2) is 16.7 Å². The number of likely N-dealkylation sites (tertiary alicyclic amines) is 1. The van der Waals surface area contributed by atoms with Crippen molar-refractivity contribution in [3.05, 3.63) is 83.9 Å². The average molecular weight is 343 g/mol. The summed E-state index contributed by atoms with van der Waals surface area (Å²) in [6, 6.07) is 23.9. The highest BCUT2D eigenvalue weighted by atomic mass is 16.2. The molecule has 1 aliphatic rings. The number of benzene rings is 3. The molecule has 2 amide bonds. The molecule has 1 aliphatic heterocycles. The Balaban J connectivity index is 1.73. The van der Waals surface area contributed by atoms with Crippen LogP contribution in [0.4, 0.5) is 0 Å². The molecule has 0 aromatic heterocycles. The number of carbonyl (C=O) groups is 2. The second-order valence-corrected chi connectivity index (χ2v) is 6.95. The number of fused-ring (bicyclic) bond motifs is 1. The van der Waals surface area contributed by atoms with Crippen molar-refractivity contribution in [1.82, 2.24) is 4.90 Å². The first-order valence-electron chi connectivity index (χ1n) is 9.02. The van der Waals surface area contributed by atoms with Crippen LogP contribution in [0, 0.1) is 0 Å². The standard InChI is InChI=1S/C23H21NO2/c1-2-23(20-13-12-18-10-6-7-11-19(18)14-20)15-21(25)24(22(23)26)16-17-8-4-3-5-9-17/h3-14H,2,15-16H2,1H3/t23-/m1/s1. The van der Waals surface area contributed by atoms with Crippen molar-refractivity contribution in [2.24, 2.45) is 0 Å². The van der Waals surface area contributed by atoms with Crippen LogP contribution in [0.5, 0.6) is 0 Å². The van der Waals surface area contributed by atoms with E-state index in [1.54, 1.807) is 0 Å². The van der Waals surface area contributed by atoms with Crippen molar-refractivity contribution in [2.75, 3.05) is 0 Å². The molecular formula is C23H21NO2. The fraction of sp³-hybridized carbons (Fsp3) is 0.217. The Morgan fingerprint density at radius 2 is 1.58 bits per heavy atom. The maximum absolute atomic E-state index is 13.3. The minimum atomic E-state index is -0.754. The summed E-state index contributed by atoms with van der Waals surface area (Å²) >= 11 is 0. The molecule has 4 rings (SSSR count). The summed E-state index contributed by atoms with van der Waals surface area (Å²) in [6.45, 7) is 2.33. The summed E-state index contributed by atoms with van der Waals surface area (Å²) in [5.74, 6) is -0.169. The third kappa shape index (κ3) is 2.60.